The van der Waals surface area contributed by atoms with Gasteiger partial charge in [-0.05, 0) is 57.7 Å². The predicted molar refractivity (Wildman–Crippen MR) is 79.8 cm³/mol. The molecule has 0 aromatic carbocycles. The maximum Gasteiger partial charge on any atom is 0.109 e. The molecule has 1 aromatic rings. The van der Waals surface area contributed by atoms with Crippen LogP contribution in [-0.2, 0) is 12.8 Å². The van der Waals surface area contributed by atoms with Crippen LogP contribution in [-0.4, -0.2) is 45.8 Å². The second-order valence-corrected chi connectivity index (χ2v) is 6.37. The SMILES string of the molecule is CCN1CCC(Cc2cn3c(n2)CCCC3CO)CC1. The fraction of sp³-hybridized carbons (Fsp3) is 0.812. The lowest BCUT2D eigenvalue weighted by Crippen LogP contribution is -2.34. The van der Waals surface area contributed by atoms with Crippen LogP contribution in [0.1, 0.15) is 50.2 Å². The fourth-order valence-electron chi connectivity index (χ4n) is 3.70. The normalized spacial score (nSPS) is 24.8. The molecule has 3 rings (SSSR count). The third-order valence-electron chi connectivity index (χ3n) is 5.05. The summed E-state index contributed by atoms with van der Waals surface area (Å²) in [7, 11) is 0. The van der Waals surface area contributed by atoms with Gasteiger partial charge in [-0.25, -0.2) is 4.98 Å². The molecular formula is C16H27N3O. The molecule has 4 nitrogen and oxygen atoms in total. The van der Waals surface area contributed by atoms with E-state index in [4.69, 9.17) is 4.98 Å². The molecule has 0 radical (unpaired) electrons. The van der Waals surface area contributed by atoms with Gasteiger partial charge in [-0.2, -0.15) is 0 Å². The summed E-state index contributed by atoms with van der Waals surface area (Å²) in [5.41, 5.74) is 1.25. The van der Waals surface area contributed by atoms with Gasteiger partial charge in [0.05, 0.1) is 18.3 Å². The molecule has 3 heterocycles. The maximum atomic E-state index is 9.47. The molecule has 112 valence electrons. The van der Waals surface area contributed by atoms with E-state index in [0.29, 0.717) is 0 Å². The molecule has 0 amide bonds. The van der Waals surface area contributed by atoms with Gasteiger partial charge in [0.1, 0.15) is 5.82 Å². The van der Waals surface area contributed by atoms with Crippen molar-refractivity contribution in [3.8, 4) is 0 Å². The molecular weight excluding hydrogens is 250 g/mol. The Kier molecular flexibility index (Phi) is 4.41. The van der Waals surface area contributed by atoms with Crippen molar-refractivity contribution in [3.05, 3.63) is 17.7 Å². The minimum Gasteiger partial charge on any atom is -0.394 e. The summed E-state index contributed by atoms with van der Waals surface area (Å²) in [5, 5.41) is 9.47. The fourth-order valence-corrected chi connectivity index (χ4v) is 3.70. The Morgan fingerprint density at radius 2 is 2.10 bits per heavy atom. The van der Waals surface area contributed by atoms with E-state index in [2.05, 4.69) is 22.6 Å². The Morgan fingerprint density at radius 1 is 1.30 bits per heavy atom. The largest absolute Gasteiger partial charge is 0.394 e. The monoisotopic (exact) mass is 277 g/mol. The van der Waals surface area contributed by atoms with E-state index in [1.165, 1.54) is 44.0 Å². The molecule has 1 fully saturated rings. The van der Waals surface area contributed by atoms with E-state index in [0.717, 1.165) is 31.6 Å². The van der Waals surface area contributed by atoms with Crippen LogP contribution >= 0.6 is 0 Å². The first-order chi connectivity index (χ1) is 9.80. The number of rotatable bonds is 4. The highest BCUT2D eigenvalue weighted by atomic mass is 16.3. The zero-order valence-electron chi connectivity index (χ0n) is 12.6. The van der Waals surface area contributed by atoms with Crippen LogP contribution in [0.2, 0.25) is 0 Å². The number of aliphatic hydroxyl groups is 1. The maximum absolute atomic E-state index is 9.47. The minimum absolute atomic E-state index is 0.248. The van der Waals surface area contributed by atoms with E-state index in [1.807, 2.05) is 0 Å². The van der Waals surface area contributed by atoms with Crippen LogP contribution in [0.25, 0.3) is 0 Å². The molecule has 1 N–H and O–H groups in total. The molecule has 1 aromatic heterocycles. The van der Waals surface area contributed by atoms with Crippen LogP contribution in [0.5, 0.6) is 0 Å². The number of piperidine rings is 1. The number of aromatic nitrogens is 2. The Labute approximate surface area is 121 Å². The van der Waals surface area contributed by atoms with Crippen LogP contribution in [0.4, 0.5) is 0 Å². The van der Waals surface area contributed by atoms with E-state index in [9.17, 15) is 5.11 Å². The minimum atomic E-state index is 0.248. The smallest absolute Gasteiger partial charge is 0.109 e. The van der Waals surface area contributed by atoms with Gasteiger partial charge in [-0.1, -0.05) is 6.92 Å². The van der Waals surface area contributed by atoms with Gasteiger partial charge in [0.2, 0.25) is 0 Å². The number of hydrogen-bond donors (Lipinski definition) is 1. The Hall–Kier alpha value is -0.870. The predicted octanol–water partition coefficient (Wildman–Crippen LogP) is 2.03. The zero-order valence-corrected chi connectivity index (χ0v) is 12.6. The van der Waals surface area contributed by atoms with E-state index < -0.39 is 0 Å². The van der Waals surface area contributed by atoms with Crippen molar-refractivity contribution in [3.63, 3.8) is 0 Å². The van der Waals surface area contributed by atoms with Crippen LogP contribution in [0.3, 0.4) is 0 Å². The summed E-state index contributed by atoms with van der Waals surface area (Å²) < 4.78 is 2.24. The molecule has 0 spiro atoms. The molecule has 1 unspecified atom stereocenters. The number of imidazole rings is 1. The van der Waals surface area contributed by atoms with E-state index >= 15 is 0 Å². The summed E-state index contributed by atoms with van der Waals surface area (Å²) in [6.07, 6.45) is 9.27. The lowest BCUT2D eigenvalue weighted by atomic mass is 9.92. The molecule has 2 aliphatic heterocycles. The standard InChI is InChI=1S/C16H27N3O/c1-2-18-8-6-13(7-9-18)10-14-11-19-15(12-20)4-3-5-16(19)17-14/h11,13,15,20H,2-10,12H2,1H3. The highest BCUT2D eigenvalue weighted by Crippen LogP contribution is 2.27. The van der Waals surface area contributed by atoms with Crippen molar-refractivity contribution in [1.29, 1.82) is 0 Å². The van der Waals surface area contributed by atoms with Crippen molar-refractivity contribution in [2.75, 3.05) is 26.2 Å². The van der Waals surface area contributed by atoms with Gasteiger partial charge in [0.25, 0.3) is 0 Å². The highest BCUT2D eigenvalue weighted by molar-refractivity contribution is 5.09. The lowest BCUT2D eigenvalue weighted by Gasteiger charge is -2.30. The average Bonchev–Trinajstić information content (AvgIpc) is 2.90. The molecule has 4 heteroatoms. The average molecular weight is 277 g/mol. The number of aryl methyl sites for hydroxylation is 1. The zero-order chi connectivity index (χ0) is 13.9. The number of likely N-dealkylation sites (tertiary alicyclic amines) is 1. The summed E-state index contributed by atoms with van der Waals surface area (Å²) in [5.74, 6) is 1.98. The summed E-state index contributed by atoms with van der Waals surface area (Å²) in [6, 6.07) is 0.266. The number of fused-ring (bicyclic) bond motifs is 1. The van der Waals surface area contributed by atoms with E-state index in [-0.39, 0.29) is 12.6 Å². The molecule has 0 bridgehead atoms. The van der Waals surface area contributed by atoms with E-state index in [1.54, 1.807) is 0 Å². The Morgan fingerprint density at radius 3 is 2.80 bits per heavy atom. The highest BCUT2D eigenvalue weighted by Gasteiger charge is 2.23. The van der Waals surface area contributed by atoms with Crippen LogP contribution < -0.4 is 0 Å². The van der Waals surface area contributed by atoms with Crippen LogP contribution in [0, 0.1) is 5.92 Å². The second-order valence-electron chi connectivity index (χ2n) is 6.37. The third kappa shape index (κ3) is 2.91. The molecule has 2 aliphatic rings. The van der Waals surface area contributed by atoms with Crippen LogP contribution in [0.15, 0.2) is 6.20 Å². The Balaban J connectivity index is 1.63. The molecule has 0 saturated carbocycles. The van der Waals surface area contributed by atoms with Crippen molar-refractivity contribution in [2.24, 2.45) is 5.92 Å². The Bertz CT molecular complexity index is 435. The molecule has 1 atom stereocenters. The van der Waals surface area contributed by atoms with Gasteiger partial charge in [-0.3, -0.25) is 0 Å². The number of nitrogens with zero attached hydrogens (tertiary/aromatic N) is 3. The first kappa shape index (κ1) is 14.1. The summed E-state index contributed by atoms with van der Waals surface area (Å²) >= 11 is 0. The van der Waals surface area contributed by atoms with Gasteiger partial charge < -0.3 is 14.6 Å². The van der Waals surface area contributed by atoms with Crippen molar-refractivity contribution in [2.45, 2.75) is 51.5 Å². The first-order valence-electron chi connectivity index (χ1n) is 8.20. The third-order valence-corrected chi connectivity index (χ3v) is 5.05. The van der Waals surface area contributed by atoms with Gasteiger partial charge in [0, 0.05) is 12.6 Å². The summed E-state index contributed by atoms with van der Waals surface area (Å²) in [6.45, 7) is 6.17. The van der Waals surface area contributed by atoms with Crippen molar-refractivity contribution < 1.29 is 5.11 Å². The molecule has 20 heavy (non-hydrogen) atoms. The van der Waals surface area contributed by atoms with Gasteiger partial charge >= 0.3 is 0 Å². The molecule has 1 saturated heterocycles. The van der Waals surface area contributed by atoms with Gasteiger partial charge in [0.15, 0.2) is 0 Å². The number of hydrogen-bond acceptors (Lipinski definition) is 3. The van der Waals surface area contributed by atoms with Crippen molar-refractivity contribution >= 4 is 0 Å². The summed E-state index contributed by atoms with van der Waals surface area (Å²) in [4.78, 5) is 7.36. The number of aliphatic hydroxyl groups excluding tert-OH is 1. The lowest BCUT2D eigenvalue weighted by molar-refractivity contribution is 0.191. The first-order valence-corrected chi connectivity index (χ1v) is 8.20. The topological polar surface area (TPSA) is 41.3 Å². The quantitative estimate of drug-likeness (QED) is 0.915. The molecule has 0 aliphatic carbocycles. The second kappa shape index (κ2) is 6.27. The van der Waals surface area contributed by atoms with Gasteiger partial charge in [-0.15, -0.1) is 0 Å². The van der Waals surface area contributed by atoms with Crippen molar-refractivity contribution in [1.82, 2.24) is 14.5 Å².